The van der Waals surface area contributed by atoms with Gasteiger partial charge in [0.05, 0.1) is 30.0 Å². The lowest BCUT2D eigenvalue weighted by atomic mass is 10.2. The van der Waals surface area contributed by atoms with E-state index in [0.717, 1.165) is 15.6 Å². The number of hydrogen-bond acceptors (Lipinski definition) is 7. The Morgan fingerprint density at radius 1 is 1.23 bits per heavy atom. The van der Waals surface area contributed by atoms with Crippen LogP contribution in [0.5, 0.6) is 23.0 Å². The molecular weight excluding hydrogens is 517 g/mol. The van der Waals surface area contributed by atoms with Crippen molar-refractivity contribution in [2.45, 2.75) is 13.3 Å². The molecule has 0 saturated heterocycles. The number of ether oxygens (including phenoxy) is 4. The van der Waals surface area contributed by atoms with Crippen molar-refractivity contribution in [2.24, 2.45) is 5.10 Å². The summed E-state index contributed by atoms with van der Waals surface area (Å²) in [6, 6.07) is 8.45. The largest absolute Gasteiger partial charge is 0.493 e. The molecule has 0 fully saturated rings. The highest BCUT2D eigenvalue weighted by molar-refractivity contribution is 14.1. The Kier molecular flexibility index (Phi) is 7.93. The molecule has 1 aliphatic heterocycles. The predicted octanol–water partition coefficient (Wildman–Crippen LogP) is 2.70. The van der Waals surface area contributed by atoms with E-state index >= 15 is 0 Å². The van der Waals surface area contributed by atoms with Gasteiger partial charge in [0.25, 0.3) is 11.8 Å². The Balaban J connectivity index is 1.52. The maximum Gasteiger partial charge on any atom is 0.259 e. The Bertz CT molecular complexity index is 995. The summed E-state index contributed by atoms with van der Waals surface area (Å²) >= 11 is 2.16. The molecule has 2 N–H and O–H groups in total. The van der Waals surface area contributed by atoms with Crippen molar-refractivity contribution in [1.29, 1.82) is 0 Å². The maximum absolute atomic E-state index is 12.2. The summed E-state index contributed by atoms with van der Waals surface area (Å²) in [5.41, 5.74) is 3.48. The van der Waals surface area contributed by atoms with Gasteiger partial charge in [0.1, 0.15) is 0 Å². The molecule has 2 aromatic rings. The van der Waals surface area contributed by atoms with Gasteiger partial charge in [-0.25, -0.2) is 5.43 Å². The SMILES string of the molecule is CCCOc1c(I)cc(/C=N/NC(=O)CNC(=O)c2ccc3c(c2)OCO3)cc1OC. The van der Waals surface area contributed by atoms with Gasteiger partial charge in [0.2, 0.25) is 6.79 Å². The number of amides is 2. The van der Waals surface area contributed by atoms with Crippen LogP contribution in [0.2, 0.25) is 0 Å². The van der Waals surface area contributed by atoms with E-state index in [9.17, 15) is 9.59 Å². The molecule has 3 rings (SSSR count). The average molecular weight is 539 g/mol. The summed E-state index contributed by atoms with van der Waals surface area (Å²) in [5.74, 6) is 1.48. The van der Waals surface area contributed by atoms with Crippen LogP contribution < -0.4 is 29.7 Å². The first kappa shape index (κ1) is 22.7. The molecule has 0 aromatic heterocycles. The summed E-state index contributed by atoms with van der Waals surface area (Å²) in [4.78, 5) is 24.2. The molecule has 0 radical (unpaired) electrons. The smallest absolute Gasteiger partial charge is 0.259 e. The fourth-order valence-electron chi connectivity index (χ4n) is 2.68. The van der Waals surface area contributed by atoms with Gasteiger partial charge >= 0.3 is 0 Å². The van der Waals surface area contributed by atoms with Gasteiger partial charge in [0.15, 0.2) is 23.0 Å². The number of carbonyl (C=O) groups is 2. The van der Waals surface area contributed by atoms with Gasteiger partial charge in [-0.1, -0.05) is 6.92 Å². The van der Waals surface area contributed by atoms with Crippen LogP contribution in [0, 0.1) is 3.57 Å². The first-order valence-electron chi connectivity index (χ1n) is 9.52. The molecule has 2 aromatic carbocycles. The summed E-state index contributed by atoms with van der Waals surface area (Å²) in [6.45, 7) is 2.52. The Hall–Kier alpha value is -3.02. The fourth-order valence-corrected chi connectivity index (χ4v) is 3.46. The molecule has 0 atom stereocenters. The molecule has 0 saturated carbocycles. The second kappa shape index (κ2) is 10.8. The minimum atomic E-state index is -0.463. The lowest BCUT2D eigenvalue weighted by Crippen LogP contribution is -2.34. The second-order valence-corrected chi connectivity index (χ2v) is 7.59. The Morgan fingerprint density at radius 2 is 2.03 bits per heavy atom. The zero-order valence-corrected chi connectivity index (χ0v) is 19.2. The van der Waals surface area contributed by atoms with Crippen molar-refractivity contribution >= 4 is 40.6 Å². The third kappa shape index (κ3) is 6.00. The molecule has 31 heavy (non-hydrogen) atoms. The lowest BCUT2D eigenvalue weighted by Gasteiger charge is -2.12. The van der Waals surface area contributed by atoms with E-state index in [4.69, 9.17) is 18.9 Å². The van der Waals surface area contributed by atoms with Gasteiger partial charge < -0.3 is 24.3 Å². The molecule has 1 heterocycles. The van der Waals surface area contributed by atoms with E-state index in [1.54, 1.807) is 31.4 Å². The van der Waals surface area contributed by atoms with Crippen LogP contribution >= 0.6 is 22.6 Å². The van der Waals surface area contributed by atoms with Crippen LogP contribution in [0.15, 0.2) is 35.4 Å². The van der Waals surface area contributed by atoms with Crippen LogP contribution in [-0.4, -0.2) is 45.1 Å². The van der Waals surface area contributed by atoms with Gasteiger partial charge in [0, 0.05) is 5.56 Å². The third-order valence-corrected chi connectivity index (χ3v) is 4.95. The molecule has 0 bridgehead atoms. The standard InChI is InChI=1S/C21H22IN3O6/c1-3-6-29-20-15(22)7-13(8-18(20)28-2)10-24-25-19(26)11-23-21(27)14-4-5-16-17(9-14)31-12-30-16/h4-5,7-10H,3,6,11-12H2,1-2H3,(H,23,27)(H,25,26)/b24-10+. The number of methoxy groups -OCH3 is 1. The molecule has 2 amide bonds. The number of carbonyl (C=O) groups excluding carboxylic acids is 2. The number of hydrazone groups is 1. The van der Waals surface area contributed by atoms with Crippen molar-refractivity contribution in [3.05, 3.63) is 45.0 Å². The fraction of sp³-hybridized carbons (Fsp3) is 0.286. The molecule has 1 aliphatic rings. The Labute approximate surface area is 193 Å². The van der Waals surface area contributed by atoms with Crippen LogP contribution in [0.25, 0.3) is 0 Å². The molecule has 9 nitrogen and oxygen atoms in total. The van der Waals surface area contributed by atoms with Crippen molar-refractivity contribution in [1.82, 2.24) is 10.7 Å². The van der Waals surface area contributed by atoms with Crippen molar-refractivity contribution < 1.29 is 28.5 Å². The van der Waals surface area contributed by atoms with Crippen molar-refractivity contribution in [3.63, 3.8) is 0 Å². The number of benzene rings is 2. The summed E-state index contributed by atoms with van der Waals surface area (Å²) in [7, 11) is 1.57. The van der Waals surface area contributed by atoms with E-state index in [0.29, 0.717) is 35.2 Å². The first-order valence-corrected chi connectivity index (χ1v) is 10.6. The second-order valence-electron chi connectivity index (χ2n) is 6.43. The summed E-state index contributed by atoms with van der Waals surface area (Å²) in [6.07, 6.45) is 2.38. The highest BCUT2D eigenvalue weighted by Crippen LogP contribution is 2.34. The van der Waals surface area contributed by atoms with Gasteiger partial charge in [-0.2, -0.15) is 5.10 Å². The number of nitrogens with one attached hydrogen (secondary N) is 2. The predicted molar refractivity (Wildman–Crippen MR) is 122 cm³/mol. The van der Waals surface area contributed by atoms with Gasteiger partial charge in [-0.15, -0.1) is 0 Å². The minimum absolute atomic E-state index is 0.125. The van der Waals surface area contributed by atoms with Crippen molar-refractivity contribution in [2.75, 3.05) is 27.1 Å². The number of hydrogen-bond donors (Lipinski definition) is 2. The molecule has 164 valence electrons. The zero-order chi connectivity index (χ0) is 22.2. The van der Waals surface area contributed by atoms with E-state index < -0.39 is 11.8 Å². The first-order chi connectivity index (χ1) is 15.0. The van der Waals surface area contributed by atoms with E-state index in [1.165, 1.54) is 6.21 Å². The molecular formula is C21H22IN3O6. The topological polar surface area (TPSA) is 107 Å². The molecule has 0 unspecified atom stereocenters. The van der Waals surface area contributed by atoms with Crippen LogP contribution in [0.1, 0.15) is 29.3 Å². The third-order valence-electron chi connectivity index (χ3n) is 4.15. The maximum atomic E-state index is 12.2. The number of halogens is 1. The average Bonchev–Trinajstić information content (AvgIpc) is 3.24. The van der Waals surface area contributed by atoms with Crippen LogP contribution in [-0.2, 0) is 4.79 Å². The highest BCUT2D eigenvalue weighted by Gasteiger charge is 2.16. The zero-order valence-electron chi connectivity index (χ0n) is 17.1. The van der Waals surface area contributed by atoms with Crippen LogP contribution in [0.3, 0.4) is 0 Å². The summed E-state index contributed by atoms with van der Waals surface area (Å²) < 4.78 is 22.4. The Morgan fingerprint density at radius 3 is 2.81 bits per heavy atom. The summed E-state index contributed by atoms with van der Waals surface area (Å²) in [5, 5.41) is 6.47. The quantitative estimate of drug-likeness (QED) is 0.289. The number of rotatable bonds is 9. The molecule has 10 heteroatoms. The normalized spacial score (nSPS) is 12.0. The van der Waals surface area contributed by atoms with E-state index in [-0.39, 0.29) is 13.3 Å². The van der Waals surface area contributed by atoms with Gasteiger partial charge in [-0.05, 0) is 64.9 Å². The minimum Gasteiger partial charge on any atom is -0.493 e. The van der Waals surface area contributed by atoms with Crippen LogP contribution in [0.4, 0.5) is 0 Å². The van der Waals surface area contributed by atoms with E-state index in [1.807, 2.05) is 13.0 Å². The monoisotopic (exact) mass is 539 g/mol. The molecule has 0 spiro atoms. The number of fused-ring (bicyclic) bond motifs is 1. The lowest BCUT2D eigenvalue weighted by molar-refractivity contribution is -0.120. The molecule has 0 aliphatic carbocycles. The van der Waals surface area contributed by atoms with Gasteiger partial charge in [-0.3, -0.25) is 9.59 Å². The highest BCUT2D eigenvalue weighted by atomic mass is 127. The van der Waals surface area contributed by atoms with E-state index in [2.05, 4.69) is 38.4 Å². The van der Waals surface area contributed by atoms with Crippen molar-refractivity contribution in [3.8, 4) is 23.0 Å². The number of nitrogens with zero attached hydrogens (tertiary/aromatic N) is 1.